The summed E-state index contributed by atoms with van der Waals surface area (Å²) in [6.45, 7) is -0.139. The van der Waals surface area contributed by atoms with E-state index in [1.165, 1.54) is 6.42 Å². The van der Waals surface area contributed by atoms with Gasteiger partial charge in [0.05, 0.1) is 4.88 Å². The molecule has 2 aliphatic rings. The lowest BCUT2D eigenvalue weighted by molar-refractivity contribution is 0.0931. The first-order valence-corrected chi connectivity index (χ1v) is 8.75. The number of hydrogen-bond acceptors (Lipinski definition) is 4. The van der Waals surface area contributed by atoms with E-state index in [1.54, 1.807) is 11.3 Å². The zero-order chi connectivity index (χ0) is 15.8. The molecular weight excluding hydrogens is 308 g/mol. The molecule has 2 fully saturated rings. The van der Waals surface area contributed by atoms with Crippen molar-refractivity contribution in [3.05, 3.63) is 34.7 Å². The van der Waals surface area contributed by atoms with Gasteiger partial charge in [0.2, 0.25) is 0 Å². The Morgan fingerprint density at radius 1 is 1.39 bits per heavy atom. The SMILES string of the molecule is O=C(N[C@@H]1C[C@H]2CC[C@@H]1N2)c1ccc2sc(C#CCO)cc2c1. The Hall–Kier alpha value is -1.87. The van der Waals surface area contributed by atoms with E-state index < -0.39 is 0 Å². The molecule has 0 radical (unpaired) electrons. The average molecular weight is 326 g/mol. The topological polar surface area (TPSA) is 61.4 Å². The molecule has 0 spiro atoms. The molecule has 23 heavy (non-hydrogen) atoms. The molecule has 3 atom stereocenters. The van der Waals surface area contributed by atoms with Crippen LogP contribution in [-0.4, -0.2) is 35.7 Å². The van der Waals surface area contributed by atoms with Crippen LogP contribution in [0.25, 0.3) is 10.1 Å². The van der Waals surface area contributed by atoms with E-state index in [9.17, 15) is 4.79 Å². The van der Waals surface area contributed by atoms with Crippen molar-refractivity contribution >= 4 is 27.3 Å². The van der Waals surface area contributed by atoms with E-state index in [1.807, 2.05) is 24.3 Å². The highest BCUT2D eigenvalue weighted by molar-refractivity contribution is 7.19. The monoisotopic (exact) mass is 326 g/mol. The summed E-state index contributed by atoms with van der Waals surface area (Å²) in [6.07, 6.45) is 3.43. The Bertz CT molecular complexity index is 817. The van der Waals surface area contributed by atoms with Gasteiger partial charge in [-0.15, -0.1) is 11.3 Å². The third-order valence-electron chi connectivity index (χ3n) is 4.69. The number of fused-ring (bicyclic) bond motifs is 3. The van der Waals surface area contributed by atoms with Crippen molar-refractivity contribution in [1.29, 1.82) is 0 Å². The normalized spacial score (nSPS) is 25.3. The van der Waals surface area contributed by atoms with Crippen LogP contribution in [0, 0.1) is 11.8 Å². The quantitative estimate of drug-likeness (QED) is 0.738. The fraction of sp³-hybridized carbons (Fsp3) is 0.389. The van der Waals surface area contributed by atoms with Gasteiger partial charge in [0.25, 0.3) is 5.91 Å². The Balaban J connectivity index is 1.52. The van der Waals surface area contributed by atoms with E-state index in [4.69, 9.17) is 5.11 Å². The van der Waals surface area contributed by atoms with Crippen LogP contribution >= 0.6 is 11.3 Å². The molecule has 2 bridgehead atoms. The summed E-state index contributed by atoms with van der Waals surface area (Å²) in [5.74, 6) is 5.58. The number of carbonyl (C=O) groups is 1. The summed E-state index contributed by atoms with van der Waals surface area (Å²) in [6, 6.07) is 9.01. The number of aliphatic hydroxyl groups excluding tert-OH is 1. The fourth-order valence-corrected chi connectivity index (χ4v) is 4.53. The molecule has 3 heterocycles. The third kappa shape index (κ3) is 2.86. The second kappa shape index (κ2) is 5.97. The van der Waals surface area contributed by atoms with Gasteiger partial charge in [-0.3, -0.25) is 4.79 Å². The Kier molecular flexibility index (Phi) is 3.82. The highest BCUT2D eigenvalue weighted by atomic mass is 32.1. The molecule has 5 heteroatoms. The van der Waals surface area contributed by atoms with Crippen molar-refractivity contribution in [1.82, 2.24) is 10.6 Å². The predicted molar refractivity (Wildman–Crippen MR) is 91.6 cm³/mol. The molecule has 0 unspecified atom stereocenters. The van der Waals surface area contributed by atoms with Crippen LogP contribution in [0.4, 0.5) is 0 Å². The van der Waals surface area contributed by atoms with Gasteiger partial charge in [0.1, 0.15) is 6.61 Å². The minimum Gasteiger partial charge on any atom is -0.384 e. The second-order valence-electron chi connectivity index (χ2n) is 6.19. The summed E-state index contributed by atoms with van der Waals surface area (Å²) in [5, 5.41) is 16.5. The maximum atomic E-state index is 12.5. The molecule has 2 saturated heterocycles. The molecule has 4 rings (SSSR count). The lowest BCUT2D eigenvalue weighted by atomic mass is 9.95. The maximum absolute atomic E-state index is 12.5. The number of rotatable bonds is 2. The summed E-state index contributed by atoms with van der Waals surface area (Å²) in [7, 11) is 0. The van der Waals surface area contributed by atoms with E-state index in [2.05, 4.69) is 22.5 Å². The molecule has 3 N–H and O–H groups in total. The van der Waals surface area contributed by atoms with Gasteiger partial charge < -0.3 is 15.7 Å². The predicted octanol–water partition coefficient (Wildman–Crippen LogP) is 1.87. The number of benzene rings is 1. The number of nitrogens with one attached hydrogen (secondary N) is 2. The molecule has 1 aromatic carbocycles. The zero-order valence-electron chi connectivity index (χ0n) is 12.6. The first-order valence-electron chi connectivity index (χ1n) is 7.93. The third-order valence-corrected chi connectivity index (χ3v) is 5.72. The molecule has 1 amide bonds. The minimum absolute atomic E-state index is 0.000410. The van der Waals surface area contributed by atoms with Crippen molar-refractivity contribution < 1.29 is 9.90 Å². The first-order chi connectivity index (χ1) is 11.2. The van der Waals surface area contributed by atoms with Crippen molar-refractivity contribution in [3.63, 3.8) is 0 Å². The van der Waals surface area contributed by atoms with E-state index in [0.717, 1.165) is 27.8 Å². The van der Waals surface area contributed by atoms with Crippen LogP contribution in [0.3, 0.4) is 0 Å². The standard InChI is InChI=1S/C18H18N2O2S/c21-7-1-2-14-9-12-8-11(3-6-17(12)23-14)18(22)20-16-10-13-4-5-15(16)19-13/h3,6,8-9,13,15-16,19,21H,4-5,7,10H2,(H,20,22)/t13-,15+,16-/m1/s1. The molecule has 2 aliphatic heterocycles. The lowest BCUT2D eigenvalue weighted by Crippen LogP contribution is -2.42. The van der Waals surface area contributed by atoms with Gasteiger partial charge in [-0.2, -0.15) is 0 Å². The van der Waals surface area contributed by atoms with Crippen LogP contribution in [0.15, 0.2) is 24.3 Å². The smallest absolute Gasteiger partial charge is 0.251 e. The lowest BCUT2D eigenvalue weighted by Gasteiger charge is -2.21. The summed E-state index contributed by atoms with van der Waals surface area (Å²) in [5.41, 5.74) is 0.694. The summed E-state index contributed by atoms with van der Waals surface area (Å²) >= 11 is 1.57. The van der Waals surface area contributed by atoms with Gasteiger partial charge >= 0.3 is 0 Å². The van der Waals surface area contributed by atoms with Crippen LogP contribution in [-0.2, 0) is 0 Å². The zero-order valence-corrected chi connectivity index (χ0v) is 13.5. The van der Waals surface area contributed by atoms with Gasteiger partial charge in [-0.25, -0.2) is 0 Å². The largest absolute Gasteiger partial charge is 0.384 e. The van der Waals surface area contributed by atoms with Crippen LogP contribution < -0.4 is 10.6 Å². The van der Waals surface area contributed by atoms with E-state index in [0.29, 0.717) is 17.6 Å². The average Bonchev–Trinajstić information content (AvgIpc) is 3.26. The minimum atomic E-state index is -0.139. The Morgan fingerprint density at radius 2 is 2.30 bits per heavy atom. The molecule has 0 saturated carbocycles. The molecule has 0 aliphatic carbocycles. The molecular formula is C18H18N2O2S. The van der Waals surface area contributed by atoms with E-state index in [-0.39, 0.29) is 18.6 Å². The maximum Gasteiger partial charge on any atom is 0.251 e. The Labute approximate surface area is 138 Å². The number of carbonyl (C=O) groups excluding carboxylic acids is 1. The van der Waals surface area contributed by atoms with Crippen molar-refractivity contribution in [2.24, 2.45) is 0 Å². The molecule has 4 nitrogen and oxygen atoms in total. The van der Waals surface area contributed by atoms with Crippen LogP contribution in [0.2, 0.25) is 0 Å². The van der Waals surface area contributed by atoms with Crippen LogP contribution in [0.1, 0.15) is 34.5 Å². The molecule has 2 aromatic rings. The van der Waals surface area contributed by atoms with Crippen molar-refractivity contribution in [3.8, 4) is 11.8 Å². The van der Waals surface area contributed by atoms with Gasteiger partial charge in [-0.1, -0.05) is 11.8 Å². The molecule has 1 aromatic heterocycles. The first kappa shape index (κ1) is 14.7. The number of hydrogen-bond donors (Lipinski definition) is 3. The van der Waals surface area contributed by atoms with Gasteiger partial charge in [0, 0.05) is 28.4 Å². The summed E-state index contributed by atoms with van der Waals surface area (Å²) < 4.78 is 1.10. The van der Waals surface area contributed by atoms with E-state index >= 15 is 0 Å². The number of thiophene rings is 1. The Morgan fingerprint density at radius 3 is 3.04 bits per heavy atom. The summed E-state index contributed by atoms with van der Waals surface area (Å²) in [4.78, 5) is 13.4. The van der Waals surface area contributed by atoms with Crippen molar-refractivity contribution in [2.75, 3.05) is 6.61 Å². The van der Waals surface area contributed by atoms with Gasteiger partial charge in [-0.05, 0) is 48.9 Å². The highest BCUT2D eigenvalue weighted by Gasteiger charge is 2.39. The van der Waals surface area contributed by atoms with Gasteiger partial charge in [0.15, 0.2) is 0 Å². The highest BCUT2D eigenvalue weighted by Crippen LogP contribution is 2.29. The number of aliphatic hydroxyl groups is 1. The fourth-order valence-electron chi connectivity index (χ4n) is 3.61. The van der Waals surface area contributed by atoms with Crippen LogP contribution in [0.5, 0.6) is 0 Å². The second-order valence-corrected chi connectivity index (χ2v) is 7.27. The van der Waals surface area contributed by atoms with Crippen molar-refractivity contribution in [2.45, 2.75) is 37.4 Å². The number of amides is 1. The molecule has 118 valence electrons.